The molecule has 0 aliphatic carbocycles. The fourth-order valence-electron chi connectivity index (χ4n) is 1.80. The summed E-state index contributed by atoms with van der Waals surface area (Å²) in [7, 11) is 0. The molecule has 2 aromatic heterocycles. The van der Waals surface area contributed by atoms with Gasteiger partial charge in [-0.2, -0.15) is 5.10 Å². The molecule has 5 nitrogen and oxygen atoms in total. The Balaban J connectivity index is 2.06. The van der Waals surface area contributed by atoms with Gasteiger partial charge in [-0.1, -0.05) is 18.2 Å². The van der Waals surface area contributed by atoms with E-state index in [2.05, 4.69) is 20.2 Å². The van der Waals surface area contributed by atoms with Gasteiger partial charge in [0.25, 0.3) is 0 Å². The number of benzene rings is 1. The lowest BCUT2D eigenvalue weighted by molar-refractivity contribution is 0.788. The van der Waals surface area contributed by atoms with Crippen molar-refractivity contribution in [3.05, 3.63) is 54.2 Å². The van der Waals surface area contributed by atoms with E-state index in [1.807, 2.05) is 30.3 Å². The standard InChI is InChI=1S/C12H11N5/c13-11(12-15-7-16-17-12)9-4-3-8-2-1-5-14-10(8)6-9/h1-7,11H,13H2,(H,15,16,17). The number of hydrogen-bond donors (Lipinski definition) is 2. The van der Waals surface area contributed by atoms with Crippen molar-refractivity contribution in [3.63, 3.8) is 0 Å². The van der Waals surface area contributed by atoms with Gasteiger partial charge < -0.3 is 5.73 Å². The lowest BCUT2D eigenvalue weighted by Crippen LogP contribution is -2.13. The summed E-state index contributed by atoms with van der Waals surface area (Å²) in [5, 5.41) is 7.67. The van der Waals surface area contributed by atoms with Gasteiger partial charge in [0.15, 0.2) is 0 Å². The fraction of sp³-hybridized carbons (Fsp3) is 0.0833. The predicted octanol–water partition coefficient (Wildman–Crippen LogP) is 1.40. The molecule has 17 heavy (non-hydrogen) atoms. The smallest absolute Gasteiger partial charge is 0.145 e. The fourth-order valence-corrected chi connectivity index (χ4v) is 1.80. The maximum atomic E-state index is 6.09. The van der Waals surface area contributed by atoms with Gasteiger partial charge in [0.1, 0.15) is 12.2 Å². The first kappa shape index (κ1) is 9.92. The van der Waals surface area contributed by atoms with E-state index in [0.717, 1.165) is 16.5 Å². The second kappa shape index (κ2) is 3.95. The third kappa shape index (κ3) is 1.76. The average molecular weight is 225 g/mol. The minimum atomic E-state index is -0.302. The van der Waals surface area contributed by atoms with Gasteiger partial charge in [-0.15, -0.1) is 0 Å². The summed E-state index contributed by atoms with van der Waals surface area (Å²) in [5.41, 5.74) is 7.99. The molecule has 0 radical (unpaired) electrons. The molecule has 3 N–H and O–H groups in total. The van der Waals surface area contributed by atoms with Crippen LogP contribution in [0.25, 0.3) is 10.9 Å². The van der Waals surface area contributed by atoms with Crippen molar-refractivity contribution in [2.45, 2.75) is 6.04 Å². The molecule has 0 saturated heterocycles. The second-order valence-electron chi connectivity index (χ2n) is 3.80. The molecule has 0 aliphatic heterocycles. The van der Waals surface area contributed by atoms with Crippen molar-refractivity contribution in [2.75, 3.05) is 0 Å². The highest BCUT2D eigenvalue weighted by atomic mass is 15.2. The van der Waals surface area contributed by atoms with Crippen molar-refractivity contribution >= 4 is 10.9 Å². The first-order chi connectivity index (χ1) is 8.34. The Morgan fingerprint density at radius 2 is 2.12 bits per heavy atom. The summed E-state index contributed by atoms with van der Waals surface area (Å²) in [6, 6.07) is 9.60. The number of nitrogens with one attached hydrogen (secondary N) is 1. The highest BCUT2D eigenvalue weighted by Gasteiger charge is 2.11. The molecular formula is C12H11N5. The van der Waals surface area contributed by atoms with E-state index in [1.54, 1.807) is 6.20 Å². The van der Waals surface area contributed by atoms with Crippen LogP contribution < -0.4 is 5.73 Å². The third-order valence-electron chi connectivity index (χ3n) is 2.72. The van der Waals surface area contributed by atoms with Crippen LogP contribution in [-0.2, 0) is 0 Å². The number of nitrogens with zero attached hydrogens (tertiary/aromatic N) is 3. The van der Waals surface area contributed by atoms with Crippen LogP contribution in [-0.4, -0.2) is 20.2 Å². The summed E-state index contributed by atoms with van der Waals surface area (Å²) in [6.45, 7) is 0. The van der Waals surface area contributed by atoms with Crippen molar-refractivity contribution < 1.29 is 0 Å². The Morgan fingerprint density at radius 3 is 2.94 bits per heavy atom. The third-order valence-corrected chi connectivity index (χ3v) is 2.72. The molecule has 84 valence electrons. The first-order valence-electron chi connectivity index (χ1n) is 5.30. The zero-order chi connectivity index (χ0) is 11.7. The highest BCUT2D eigenvalue weighted by Crippen LogP contribution is 2.20. The van der Waals surface area contributed by atoms with Crippen molar-refractivity contribution in [1.82, 2.24) is 20.2 Å². The molecule has 0 saturated carbocycles. The zero-order valence-electron chi connectivity index (χ0n) is 9.04. The van der Waals surface area contributed by atoms with E-state index >= 15 is 0 Å². The number of aromatic amines is 1. The molecule has 3 aromatic rings. The van der Waals surface area contributed by atoms with Crippen molar-refractivity contribution in [3.8, 4) is 0 Å². The lowest BCUT2D eigenvalue weighted by Gasteiger charge is -2.09. The van der Waals surface area contributed by atoms with Gasteiger partial charge in [0.2, 0.25) is 0 Å². The van der Waals surface area contributed by atoms with E-state index in [4.69, 9.17) is 5.73 Å². The molecule has 5 heteroatoms. The molecule has 1 unspecified atom stereocenters. The van der Waals surface area contributed by atoms with Gasteiger partial charge in [-0.3, -0.25) is 10.1 Å². The lowest BCUT2D eigenvalue weighted by atomic mass is 10.0. The Kier molecular flexibility index (Phi) is 2.31. The minimum Gasteiger partial charge on any atom is -0.318 e. The topological polar surface area (TPSA) is 80.5 Å². The normalized spacial score (nSPS) is 12.8. The van der Waals surface area contributed by atoms with Crippen molar-refractivity contribution in [1.29, 1.82) is 0 Å². The average Bonchev–Trinajstić information content (AvgIpc) is 2.91. The number of rotatable bonds is 2. The molecule has 1 aromatic carbocycles. The molecule has 0 aliphatic rings. The summed E-state index contributed by atoms with van der Waals surface area (Å²) in [6.07, 6.45) is 3.22. The number of fused-ring (bicyclic) bond motifs is 1. The molecule has 0 fully saturated rings. The highest BCUT2D eigenvalue weighted by molar-refractivity contribution is 5.79. The Hall–Kier alpha value is -2.27. The first-order valence-corrected chi connectivity index (χ1v) is 5.30. The number of H-pyrrole nitrogens is 1. The van der Waals surface area contributed by atoms with Crippen LogP contribution in [0.15, 0.2) is 42.9 Å². The van der Waals surface area contributed by atoms with Gasteiger partial charge in [0.05, 0.1) is 11.6 Å². The largest absolute Gasteiger partial charge is 0.318 e. The molecule has 0 bridgehead atoms. The van der Waals surface area contributed by atoms with Crippen LogP contribution in [0.5, 0.6) is 0 Å². The van der Waals surface area contributed by atoms with Gasteiger partial charge >= 0.3 is 0 Å². The number of nitrogens with two attached hydrogens (primary N) is 1. The molecular weight excluding hydrogens is 214 g/mol. The molecule has 1 atom stereocenters. The molecule has 0 amide bonds. The van der Waals surface area contributed by atoms with Crippen LogP contribution in [0.3, 0.4) is 0 Å². The summed E-state index contributed by atoms with van der Waals surface area (Å²) < 4.78 is 0. The summed E-state index contributed by atoms with van der Waals surface area (Å²) in [4.78, 5) is 8.36. The number of hydrogen-bond acceptors (Lipinski definition) is 4. The van der Waals surface area contributed by atoms with E-state index in [9.17, 15) is 0 Å². The molecule has 2 heterocycles. The maximum Gasteiger partial charge on any atom is 0.145 e. The minimum absolute atomic E-state index is 0.302. The molecule has 0 spiro atoms. The van der Waals surface area contributed by atoms with Gasteiger partial charge in [-0.25, -0.2) is 4.98 Å². The second-order valence-corrected chi connectivity index (χ2v) is 3.80. The summed E-state index contributed by atoms with van der Waals surface area (Å²) in [5.74, 6) is 0.653. The zero-order valence-corrected chi connectivity index (χ0v) is 9.04. The number of pyridine rings is 1. The van der Waals surface area contributed by atoms with E-state index in [1.165, 1.54) is 6.33 Å². The van der Waals surface area contributed by atoms with Crippen LogP contribution in [0.4, 0.5) is 0 Å². The summed E-state index contributed by atoms with van der Waals surface area (Å²) >= 11 is 0. The number of aromatic nitrogens is 4. The van der Waals surface area contributed by atoms with Crippen LogP contribution in [0.1, 0.15) is 17.4 Å². The predicted molar refractivity (Wildman–Crippen MR) is 64.2 cm³/mol. The Labute approximate surface area is 97.7 Å². The van der Waals surface area contributed by atoms with Gasteiger partial charge in [-0.05, 0) is 17.7 Å². The van der Waals surface area contributed by atoms with E-state index in [-0.39, 0.29) is 6.04 Å². The molecule has 3 rings (SSSR count). The van der Waals surface area contributed by atoms with Crippen LogP contribution in [0.2, 0.25) is 0 Å². The van der Waals surface area contributed by atoms with E-state index < -0.39 is 0 Å². The maximum absolute atomic E-state index is 6.09. The Morgan fingerprint density at radius 1 is 1.18 bits per heavy atom. The SMILES string of the molecule is NC(c1ccc2cccnc2c1)c1ncn[nH]1. The van der Waals surface area contributed by atoms with E-state index in [0.29, 0.717) is 5.82 Å². The van der Waals surface area contributed by atoms with Gasteiger partial charge in [0, 0.05) is 11.6 Å². The monoisotopic (exact) mass is 225 g/mol. The quantitative estimate of drug-likeness (QED) is 0.690. The van der Waals surface area contributed by atoms with Crippen molar-refractivity contribution in [2.24, 2.45) is 5.73 Å². The van der Waals surface area contributed by atoms with Crippen LogP contribution >= 0.6 is 0 Å². The van der Waals surface area contributed by atoms with Crippen LogP contribution in [0, 0.1) is 0 Å². The Bertz CT molecular complexity index is 632.